The Kier molecular flexibility index (Phi) is 5.20. The third-order valence-corrected chi connectivity index (χ3v) is 9.66. The Morgan fingerprint density at radius 3 is 1.98 bits per heavy atom. The van der Waals surface area contributed by atoms with Crippen molar-refractivity contribution in [2.75, 3.05) is 0 Å². The predicted octanol–water partition coefficient (Wildman–Crippen LogP) is 9.06. The van der Waals surface area contributed by atoms with Crippen molar-refractivity contribution in [2.24, 2.45) is 20.0 Å². The molecule has 7 heterocycles. The second-order valence-corrected chi connectivity index (χ2v) is 12.2. The van der Waals surface area contributed by atoms with E-state index in [0.29, 0.717) is 0 Å². The normalized spacial score (nSPS) is 18.8. The molecule has 196 valence electrons. The quantitative estimate of drug-likeness (QED) is 0.230. The highest BCUT2D eigenvalue weighted by molar-refractivity contribution is 7.17. The molecule has 5 aliphatic heterocycles. The molecule has 8 bridgehead atoms. The summed E-state index contributed by atoms with van der Waals surface area (Å²) in [5.41, 5.74) is 11.5. The Morgan fingerprint density at radius 2 is 1.12 bits per heavy atom. The van der Waals surface area contributed by atoms with Gasteiger partial charge in [-0.15, -0.1) is 22.7 Å². The first-order chi connectivity index (χ1) is 20.7. The number of benzene rings is 2. The predicted molar refractivity (Wildman–Crippen MR) is 180 cm³/mol. The second-order valence-electron chi connectivity index (χ2n) is 10.4. The lowest BCUT2D eigenvalue weighted by atomic mass is 9.98. The Morgan fingerprint density at radius 1 is 0.476 bits per heavy atom. The van der Waals surface area contributed by atoms with Crippen molar-refractivity contribution >= 4 is 76.8 Å². The summed E-state index contributed by atoms with van der Waals surface area (Å²) in [6.45, 7) is 0. The Labute approximate surface area is 249 Å². The third-order valence-electron chi connectivity index (χ3n) is 7.73. The van der Waals surface area contributed by atoms with Crippen molar-refractivity contribution in [3.8, 4) is 0 Å². The molecule has 4 aromatic rings. The second kappa shape index (κ2) is 9.24. The van der Waals surface area contributed by atoms with Crippen molar-refractivity contribution in [3.05, 3.63) is 154 Å². The number of thiophene rings is 2. The van der Waals surface area contributed by atoms with Gasteiger partial charge in [-0.05, 0) is 83.7 Å². The molecule has 0 radical (unpaired) electrons. The van der Waals surface area contributed by atoms with Crippen LogP contribution in [-0.2, 0) is 0 Å². The van der Waals surface area contributed by atoms with Gasteiger partial charge in [-0.25, -0.2) is 20.0 Å². The number of nitrogens with zero attached hydrogens (tertiary/aromatic N) is 4. The van der Waals surface area contributed by atoms with Crippen LogP contribution in [0.25, 0.3) is 31.3 Å². The minimum atomic E-state index is 0.867. The van der Waals surface area contributed by atoms with Gasteiger partial charge >= 0.3 is 0 Å². The lowest BCUT2D eigenvalue weighted by molar-refractivity contribution is 1.41. The molecule has 0 atom stereocenters. The number of hydrogen-bond donors (Lipinski definition) is 0. The highest BCUT2D eigenvalue weighted by Gasteiger charge is 2.24. The molecule has 4 nitrogen and oxygen atoms in total. The van der Waals surface area contributed by atoms with E-state index in [2.05, 4.69) is 95.7 Å². The maximum atomic E-state index is 5.15. The van der Waals surface area contributed by atoms with Crippen molar-refractivity contribution in [2.45, 2.75) is 0 Å². The molecule has 2 aromatic heterocycles. The van der Waals surface area contributed by atoms with E-state index in [1.807, 2.05) is 24.3 Å². The minimum Gasteiger partial charge on any atom is -0.249 e. The summed E-state index contributed by atoms with van der Waals surface area (Å²) in [4.78, 5) is 20.1. The maximum Gasteiger partial charge on any atom is 0.0738 e. The van der Waals surface area contributed by atoms with Crippen LogP contribution in [0, 0.1) is 0 Å². The van der Waals surface area contributed by atoms with E-state index in [-0.39, 0.29) is 0 Å². The minimum absolute atomic E-state index is 0.867. The standard InChI is InChI=1S/C36H20N4S2/c1-3-7-34-26(5-1)29(19-41-34)28-17-25-16-22-10-9-21(37-22)15-23-11-13-31(38-23)36(30-20-42-35-8-4-2-6-27(30)35)32-14-12-24(39-32)18-33(28)40-25/h1-20H. The molecular weight excluding hydrogens is 553 g/mol. The van der Waals surface area contributed by atoms with Crippen molar-refractivity contribution in [3.63, 3.8) is 0 Å². The molecule has 0 N–H and O–H groups in total. The molecule has 0 saturated heterocycles. The third kappa shape index (κ3) is 3.88. The van der Waals surface area contributed by atoms with Gasteiger partial charge in [0.2, 0.25) is 0 Å². The van der Waals surface area contributed by atoms with Crippen LogP contribution in [0.2, 0.25) is 0 Å². The first-order valence-corrected chi connectivity index (χ1v) is 15.5. The zero-order chi connectivity index (χ0) is 27.6. The van der Waals surface area contributed by atoms with E-state index in [4.69, 9.17) is 20.0 Å². The Balaban J connectivity index is 1.26. The molecule has 2 aromatic carbocycles. The van der Waals surface area contributed by atoms with Crippen LogP contribution < -0.4 is 0 Å². The van der Waals surface area contributed by atoms with Crippen molar-refractivity contribution in [1.29, 1.82) is 0 Å². The van der Waals surface area contributed by atoms with E-state index < -0.39 is 0 Å². The Hall–Kier alpha value is -5.04. The summed E-state index contributed by atoms with van der Waals surface area (Å²) in [7, 11) is 0. The number of hydrogen-bond acceptors (Lipinski definition) is 6. The van der Waals surface area contributed by atoms with E-state index in [0.717, 1.165) is 62.3 Å². The first-order valence-electron chi connectivity index (χ1n) is 13.7. The van der Waals surface area contributed by atoms with E-state index >= 15 is 0 Å². The van der Waals surface area contributed by atoms with Crippen LogP contribution >= 0.6 is 22.7 Å². The summed E-state index contributed by atoms with van der Waals surface area (Å²) >= 11 is 3.51. The zero-order valence-electron chi connectivity index (χ0n) is 22.2. The average molecular weight is 573 g/mol. The van der Waals surface area contributed by atoms with Crippen LogP contribution in [0.5, 0.6) is 0 Å². The van der Waals surface area contributed by atoms with Gasteiger partial charge in [-0.1, -0.05) is 36.4 Å². The van der Waals surface area contributed by atoms with Gasteiger partial charge in [0.1, 0.15) is 0 Å². The molecule has 5 aliphatic rings. The molecule has 6 heteroatoms. The fourth-order valence-electron chi connectivity index (χ4n) is 5.81. The lowest BCUT2D eigenvalue weighted by Gasteiger charge is -2.08. The molecule has 9 rings (SSSR count). The molecule has 0 aliphatic carbocycles. The molecule has 0 amide bonds. The van der Waals surface area contributed by atoms with Crippen LogP contribution in [-0.4, -0.2) is 22.8 Å². The van der Waals surface area contributed by atoms with Crippen LogP contribution in [0.1, 0.15) is 11.1 Å². The zero-order valence-corrected chi connectivity index (χ0v) is 23.8. The molecule has 0 saturated carbocycles. The summed E-state index contributed by atoms with van der Waals surface area (Å²) < 4.78 is 2.51. The number of allylic oxidation sites excluding steroid dienone is 12. The van der Waals surface area contributed by atoms with Gasteiger partial charge < -0.3 is 0 Å². The van der Waals surface area contributed by atoms with Gasteiger partial charge in [-0.2, -0.15) is 0 Å². The summed E-state index contributed by atoms with van der Waals surface area (Å²) in [6.07, 6.45) is 20.7. The molecule has 42 heavy (non-hydrogen) atoms. The van der Waals surface area contributed by atoms with Gasteiger partial charge in [0.25, 0.3) is 0 Å². The number of fused-ring (bicyclic) bond motifs is 6. The van der Waals surface area contributed by atoms with Gasteiger partial charge in [0.05, 0.1) is 45.6 Å². The van der Waals surface area contributed by atoms with Crippen LogP contribution in [0.15, 0.2) is 163 Å². The molecule has 0 spiro atoms. The average Bonchev–Trinajstić information content (AvgIpc) is 3.85. The monoisotopic (exact) mass is 572 g/mol. The number of aliphatic imine (C=N–C) groups is 4. The van der Waals surface area contributed by atoms with Gasteiger partial charge in [-0.3, -0.25) is 0 Å². The summed E-state index contributed by atoms with van der Waals surface area (Å²) in [5, 5.41) is 6.90. The highest BCUT2D eigenvalue weighted by Crippen LogP contribution is 2.38. The largest absolute Gasteiger partial charge is 0.249 e. The molecular formula is C36H20N4S2. The number of rotatable bonds is 2. The fourth-order valence-corrected chi connectivity index (χ4v) is 7.72. The Bertz CT molecular complexity index is 2280. The van der Waals surface area contributed by atoms with E-state index in [9.17, 15) is 0 Å². The topological polar surface area (TPSA) is 49.4 Å². The van der Waals surface area contributed by atoms with Crippen molar-refractivity contribution in [1.82, 2.24) is 0 Å². The van der Waals surface area contributed by atoms with Gasteiger partial charge in [0.15, 0.2) is 0 Å². The smallest absolute Gasteiger partial charge is 0.0738 e. The highest BCUT2D eigenvalue weighted by atomic mass is 32.1. The first kappa shape index (κ1) is 23.6. The van der Waals surface area contributed by atoms with E-state index in [1.54, 1.807) is 22.7 Å². The summed E-state index contributed by atoms with van der Waals surface area (Å²) in [5.74, 6) is 0. The van der Waals surface area contributed by atoms with Crippen molar-refractivity contribution < 1.29 is 0 Å². The van der Waals surface area contributed by atoms with Gasteiger partial charge in [0, 0.05) is 42.4 Å². The van der Waals surface area contributed by atoms with Crippen LogP contribution in [0.4, 0.5) is 0 Å². The molecule has 0 fully saturated rings. The fraction of sp³-hybridized carbons (Fsp3) is 0. The molecule has 0 unspecified atom stereocenters. The lowest BCUT2D eigenvalue weighted by Crippen LogP contribution is -1.99. The maximum absolute atomic E-state index is 5.15. The van der Waals surface area contributed by atoms with E-state index in [1.165, 1.54) is 25.7 Å². The SMILES string of the molecule is C1=CC2=NC1=CC1=NC(=C(c3csc4ccccc34)C3=NC(=CC4=NC(=C2)C=C4c2csc4ccccc24)C=C3)C=C1. The van der Waals surface area contributed by atoms with Crippen LogP contribution in [0.3, 0.4) is 0 Å². The summed E-state index contributed by atoms with van der Waals surface area (Å²) in [6, 6.07) is 17.1.